The first-order chi connectivity index (χ1) is 12.3. The van der Waals surface area contributed by atoms with Crippen molar-refractivity contribution in [3.8, 4) is 11.5 Å². The summed E-state index contributed by atoms with van der Waals surface area (Å²) >= 11 is 0. The van der Waals surface area contributed by atoms with E-state index in [9.17, 15) is 18.3 Å². The third-order valence-electron chi connectivity index (χ3n) is 4.06. The molecule has 136 valence electrons. The monoisotopic (exact) mass is 365 g/mol. The second kappa shape index (κ2) is 5.96. The molecule has 0 amide bonds. The van der Waals surface area contributed by atoms with Crippen LogP contribution in [0.2, 0.25) is 0 Å². The number of nitrogens with zero attached hydrogens (tertiary/aromatic N) is 3. The van der Waals surface area contributed by atoms with E-state index in [0.717, 1.165) is 17.8 Å². The topological polar surface area (TPSA) is 69.4 Å². The number of imidazole rings is 1. The molecule has 9 heteroatoms. The predicted octanol–water partition coefficient (Wildman–Crippen LogP) is 3.00. The van der Waals surface area contributed by atoms with Crippen LogP contribution in [0.1, 0.15) is 5.69 Å². The molecule has 1 aliphatic heterocycles. The Labute approximate surface area is 145 Å². The summed E-state index contributed by atoms with van der Waals surface area (Å²) in [6.07, 6.45) is -1.85. The minimum absolute atomic E-state index is 0.189. The van der Waals surface area contributed by atoms with Crippen molar-refractivity contribution in [3.63, 3.8) is 0 Å². The highest BCUT2D eigenvalue weighted by Gasteiger charge is 2.36. The fraction of sp³-hybridized carbons (Fsp3) is 0.294. The van der Waals surface area contributed by atoms with Crippen LogP contribution in [0.4, 0.5) is 13.2 Å². The maximum Gasteiger partial charge on any atom is 0.433 e. The molecule has 0 saturated carbocycles. The molecule has 26 heavy (non-hydrogen) atoms. The van der Waals surface area contributed by atoms with Crippen LogP contribution in [-0.4, -0.2) is 38.5 Å². The van der Waals surface area contributed by atoms with E-state index in [1.54, 1.807) is 29.1 Å². The zero-order valence-corrected chi connectivity index (χ0v) is 13.4. The van der Waals surface area contributed by atoms with Crippen LogP contribution >= 0.6 is 0 Å². The van der Waals surface area contributed by atoms with E-state index >= 15 is 0 Å². The summed E-state index contributed by atoms with van der Waals surface area (Å²) in [7, 11) is 0. The molecule has 4 rings (SSSR count). The normalized spacial score (nSPS) is 16.5. The van der Waals surface area contributed by atoms with E-state index in [1.165, 1.54) is 6.07 Å². The average Bonchev–Trinajstić information content (AvgIpc) is 2.95. The van der Waals surface area contributed by atoms with Gasteiger partial charge in [0.2, 0.25) is 0 Å². The third kappa shape index (κ3) is 3.23. The summed E-state index contributed by atoms with van der Waals surface area (Å²) in [4.78, 5) is 7.63. The summed E-state index contributed by atoms with van der Waals surface area (Å²) in [5.74, 6) is 0.618. The fourth-order valence-electron chi connectivity index (χ4n) is 2.72. The average molecular weight is 365 g/mol. The van der Waals surface area contributed by atoms with Crippen LogP contribution in [0, 0.1) is 0 Å². The Hall–Kier alpha value is -2.65. The quantitative estimate of drug-likeness (QED) is 0.770. The standard InChI is InChI=1S/C17H14F3N3O3/c18-17(19,20)15-4-2-12(6-21-15)26-11-1-3-13-14(5-11)23(10-22-13)7-16(24)8-25-9-16/h1-6,10,24H,7-9H2. The second-order valence-electron chi connectivity index (χ2n) is 6.22. The molecule has 1 N–H and O–H groups in total. The third-order valence-corrected chi connectivity index (χ3v) is 4.06. The largest absolute Gasteiger partial charge is 0.456 e. The van der Waals surface area contributed by atoms with Crippen molar-refractivity contribution in [2.45, 2.75) is 18.3 Å². The molecule has 6 nitrogen and oxygen atoms in total. The molecule has 3 aromatic rings. The van der Waals surface area contributed by atoms with Crippen molar-refractivity contribution < 1.29 is 27.8 Å². The van der Waals surface area contributed by atoms with Gasteiger partial charge in [-0.25, -0.2) is 9.97 Å². The van der Waals surface area contributed by atoms with Gasteiger partial charge in [-0.15, -0.1) is 0 Å². The molecule has 1 fully saturated rings. The van der Waals surface area contributed by atoms with Gasteiger partial charge in [0.25, 0.3) is 0 Å². The molecule has 0 atom stereocenters. The number of alkyl halides is 3. The molecule has 0 unspecified atom stereocenters. The minimum Gasteiger partial charge on any atom is -0.456 e. The first-order valence-corrected chi connectivity index (χ1v) is 7.79. The van der Waals surface area contributed by atoms with Crippen molar-refractivity contribution in [2.24, 2.45) is 0 Å². The highest BCUT2D eigenvalue weighted by atomic mass is 19.4. The summed E-state index contributed by atoms with van der Waals surface area (Å²) in [5, 5.41) is 10.2. The lowest BCUT2D eigenvalue weighted by Crippen LogP contribution is -2.52. The van der Waals surface area contributed by atoms with Crippen molar-refractivity contribution in [2.75, 3.05) is 13.2 Å². The summed E-state index contributed by atoms with van der Waals surface area (Å²) in [6, 6.07) is 7.19. The number of hydrogen-bond donors (Lipinski definition) is 1. The number of benzene rings is 1. The summed E-state index contributed by atoms with van der Waals surface area (Å²) in [5.41, 5.74) is -0.439. The maximum atomic E-state index is 12.6. The van der Waals surface area contributed by atoms with Gasteiger partial charge in [-0.2, -0.15) is 13.2 Å². The van der Waals surface area contributed by atoms with Gasteiger partial charge in [0.15, 0.2) is 0 Å². The first kappa shape index (κ1) is 16.8. The Balaban J connectivity index is 1.57. The molecule has 0 radical (unpaired) electrons. The number of aliphatic hydroxyl groups is 1. The highest BCUT2D eigenvalue weighted by molar-refractivity contribution is 5.77. The number of halogens is 3. The maximum absolute atomic E-state index is 12.6. The Bertz CT molecular complexity index is 934. The molecule has 1 saturated heterocycles. The Morgan fingerprint density at radius 2 is 1.92 bits per heavy atom. The van der Waals surface area contributed by atoms with Crippen molar-refractivity contribution in [3.05, 3.63) is 48.5 Å². The molecule has 3 heterocycles. The second-order valence-corrected chi connectivity index (χ2v) is 6.22. The van der Waals surface area contributed by atoms with Gasteiger partial charge in [0.1, 0.15) is 22.8 Å². The van der Waals surface area contributed by atoms with Crippen LogP contribution in [0.5, 0.6) is 11.5 Å². The molecular weight excluding hydrogens is 351 g/mol. The molecule has 0 bridgehead atoms. The molecule has 2 aromatic heterocycles. The van der Waals surface area contributed by atoms with Crippen molar-refractivity contribution in [1.82, 2.24) is 14.5 Å². The van der Waals surface area contributed by atoms with Gasteiger partial charge < -0.3 is 19.1 Å². The van der Waals surface area contributed by atoms with Crippen LogP contribution in [-0.2, 0) is 17.5 Å². The zero-order chi connectivity index (χ0) is 18.4. The molecule has 1 aromatic carbocycles. The number of ether oxygens (including phenoxy) is 2. The number of hydrogen-bond acceptors (Lipinski definition) is 5. The van der Waals surface area contributed by atoms with Crippen LogP contribution in [0.25, 0.3) is 11.0 Å². The van der Waals surface area contributed by atoms with Gasteiger partial charge in [0.05, 0.1) is 43.3 Å². The van der Waals surface area contributed by atoms with Crippen LogP contribution in [0.3, 0.4) is 0 Å². The number of fused-ring (bicyclic) bond motifs is 1. The van der Waals surface area contributed by atoms with Crippen LogP contribution in [0.15, 0.2) is 42.9 Å². The smallest absolute Gasteiger partial charge is 0.433 e. The van der Waals surface area contributed by atoms with E-state index in [-0.39, 0.29) is 19.0 Å². The fourth-order valence-corrected chi connectivity index (χ4v) is 2.72. The number of pyridine rings is 1. The van der Waals surface area contributed by atoms with Crippen molar-refractivity contribution >= 4 is 11.0 Å². The van der Waals surface area contributed by atoms with E-state index in [2.05, 4.69) is 9.97 Å². The Morgan fingerprint density at radius 1 is 1.15 bits per heavy atom. The van der Waals surface area contributed by atoms with E-state index in [0.29, 0.717) is 17.8 Å². The number of rotatable bonds is 4. The Morgan fingerprint density at radius 3 is 2.54 bits per heavy atom. The minimum atomic E-state index is -4.49. The zero-order valence-electron chi connectivity index (χ0n) is 13.4. The van der Waals surface area contributed by atoms with E-state index in [1.807, 2.05) is 0 Å². The van der Waals surface area contributed by atoms with Gasteiger partial charge in [-0.05, 0) is 24.3 Å². The van der Waals surface area contributed by atoms with Gasteiger partial charge in [0, 0.05) is 6.07 Å². The van der Waals surface area contributed by atoms with Crippen molar-refractivity contribution in [1.29, 1.82) is 0 Å². The lowest BCUT2D eigenvalue weighted by atomic mass is 10.0. The molecular formula is C17H14F3N3O3. The predicted molar refractivity (Wildman–Crippen MR) is 84.8 cm³/mol. The first-order valence-electron chi connectivity index (χ1n) is 7.79. The molecule has 1 aliphatic rings. The number of aromatic nitrogens is 3. The van der Waals surface area contributed by atoms with E-state index < -0.39 is 17.5 Å². The summed E-state index contributed by atoms with van der Waals surface area (Å²) in [6.45, 7) is 0.856. The van der Waals surface area contributed by atoms with E-state index in [4.69, 9.17) is 9.47 Å². The Kier molecular flexibility index (Phi) is 3.85. The SMILES string of the molecule is OC1(Cn2cnc3ccc(Oc4ccc(C(F)(F)F)nc4)cc32)COC1. The van der Waals surface area contributed by atoms with Gasteiger partial charge in [-0.3, -0.25) is 0 Å². The lowest BCUT2D eigenvalue weighted by molar-refractivity contribution is -0.184. The molecule has 0 aliphatic carbocycles. The van der Waals surface area contributed by atoms with Crippen LogP contribution < -0.4 is 4.74 Å². The van der Waals surface area contributed by atoms with Gasteiger partial charge >= 0.3 is 6.18 Å². The summed E-state index contributed by atoms with van der Waals surface area (Å²) < 4.78 is 50.1. The molecule has 0 spiro atoms. The highest BCUT2D eigenvalue weighted by Crippen LogP contribution is 2.30. The van der Waals surface area contributed by atoms with Gasteiger partial charge in [-0.1, -0.05) is 0 Å². The lowest BCUT2D eigenvalue weighted by Gasteiger charge is -2.36.